The first kappa shape index (κ1) is 23.7. The van der Waals surface area contributed by atoms with E-state index in [4.69, 9.17) is 9.15 Å². The fourth-order valence-corrected chi connectivity index (χ4v) is 4.14. The van der Waals surface area contributed by atoms with Crippen molar-refractivity contribution in [2.75, 3.05) is 31.1 Å². The second kappa shape index (κ2) is 11.1. The van der Waals surface area contributed by atoms with Gasteiger partial charge in [0.25, 0.3) is 0 Å². The van der Waals surface area contributed by atoms with Crippen molar-refractivity contribution in [3.63, 3.8) is 0 Å². The highest BCUT2D eigenvalue weighted by atomic mass is 16.5. The van der Waals surface area contributed by atoms with Crippen LogP contribution in [0.3, 0.4) is 0 Å². The molecular formula is C27H42N2O2. The number of ether oxygens (including phenoxy) is 1. The molecule has 0 amide bonds. The largest absolute Gasteiger partial charge is 0.489 e. The Hall–Kier alpha value is -1.94. The summed E-state index contributed by atoms with van der Waals surface area (Å²) in [5.74, 6) is 1.62. The van der Waals surface area contributed by atoms with Crippen molar-refractivity contribution < 1.29 is 9.15 Å². The van der Waals surface area contributed by atoms with Gasteiger partial charge < -0.3 is 19.0 Å². The second-order valence-corrected chi connectivity index (χ2v) is 10.7. The number of furan rings is 1. The zero-order valence-corrected chi connectivity index (χ0v) is 20.3. The normalized spacial score (nSPS) is 16.1. The van der Waals surface area contributed by atoms with Crippen LogP contribution in [0.2, 0.25) is 0 Å². The van der Waals surface area contributed by atoms with E-state index < -0.39 is 0 Å². The molecular weight excluding hydrogens is 384 g/mol. The van der Waals surface area contributed by atoms with Gasteiger partial charge >= 0.3 is 0 Å². The van der Waals surface area contributed by atoms with Crippen LogP contribution in [0.5, 0.6) is 5.75 Å². The minimum absolute atomic E-state index is 0.418. The molecule has 0 atom stereocenters. The summed E-state index contributed by atoms with van der Waals surface area (Å²) in [7, 11) is 0. The Morgan fingerprint density at radius 1 is 1.10 bits per heavy atom. The summed E-state index contributed by atoms with van der Waals surface area (Å²) in [6, 6.07) is 11.2. The molecule has 0 saturated carbocycles. The number of benzene rings is 1. The fourth-order valence-electron chi connectivity index (χ4n) is 4.14. The number of anilines is 1. The summed E-state index contributed by atoms with van der Waals surface area (Å²) in [6.07, 6.45) is 8.42. The average molecular weight is 427 g/mol. The van der Waals surface area contributed by atoms with Crippen molar-refractivity contribution in [3.8, 4) is 5.75 Å². The number of piperidine rings is 1. The van der Waals surface area contributed by atoms with Crippen LogP contribution < -0.4 is 9.64 Å². The first-order valence-electron chi connectivity index (χ1n) is 12.0. The predicted octanol–water partition coefficient (Wildman–Crippen LogP) is 6.61. The van der Waals surface area contributed by atoms with E-state index in [2.05, 4.69) is 68.7 Å². The van der Waals surface area contributed by atoms with Gasteiger partial charge in [0.2, 0.25) is 0 Å². The van der Waals surface area contributed by atoms with Crippen LogP contribution >= 0.6 is 0 Å². The lowest BCUT2D eigenvalue weighted by atomic mass is 9.91. The zero-order valence-electron chi connectivity index (χ0n) is 20.3. The third-order valence-corrected chi connectivity index (χ3v) is 6.28. The Balaban J connectivity index is 1.58. The van der Waals surface area contributed by atoms with E-state index in [1.165, 1.54) is 51.0 Å². The van der Waals surface area contributed by atoms with Crippen molar-refractivity contribution in [3.05, 3.63) is 48.4 Å². The maximum Gasteiger partial charge on any atom is 0.119 e. The molecule has 1 aromatic carbocycles. The van der Waals surface area contributed by atoms with Crippen molar-refractivity contribution >= 4 is 5.69 Å². The van der Waals surface area contributed by atoms with Crippen LogP contribution in [-0.2, 0) is 6.61 Å². The molecule has 0 N–H and O–H groups in total. The quantitative estimate of drug-likeness (QED) is 0.427. The molecule has 1 aliphatic heterocycles. The van der Waals surface area contributed by atoms with Crippen molar-refractivity contribution in [2.24, 2.45) is 11.3 Å². The smallest absolute Gasteiger partial charge is 0.119 e. The summed E-state index contributed by atoms with van der Waals surface area (Å²) in [5, 5.41) is 0. The van der Waals surface area contributed by atoms with Crippen molar-refractivity contribution in [2.45, 2.75) is 73.0 Å². The molecule has 0 unspecified atom stereocenters. The topological polar surface area (TPSA) is 28.9 Å². The molecule has 1 aliphatic rings. The number of hydrogen-bond acceptors (Lipinski definition) is 4. The van der Waals surface area contributed by atoms with E-state index >= 15 is 0 Å². The lowest BCUT2D eigenvalue weighted by molar-refractivity contribution is 0.182. The highest BCUT2D eigenvalue weighted by Crippen LogP contribution is 2.28. The van der Waals surface area contributed by atoms with Gasteiger partial charge in [-0.2, -0.15) is 0 Å². The van der Waals surface area contributed by atoms with Crippen molar-refractivity contribution in [1.29, 1.82) is 0 Å². The van der Waals surface area contributed by atoms with Crippen LogP contribution in [0.1, 0.15) is 65.9 Å². The van der Waals surface area contributed by atoms with Gasteiger partial charge in [-0.25, -0.2) is 0 Å². The van der Waals surface area contributed by atoms with E-state index in [0.29, 0.717) is 24.0 Å². The minimum Gasteiger partial charge on any atom is -0.489 e. The third-order valence-electron chi connectivity index (χ3n) is 6.28. The number of likely N-dealkylation sites (tertiary alicyclic amines) is 1. The monoisotopic (exact) mass is 426 g/mol. The molecule has 0 aliphatic carbocycles. The average Bonchev–Trinajstić information content (AvgIpc) is 3.25. The molecule has 172 valence electrons. The first-order chi connectivity index (χ1) is 14.8. The van der Waals surface area contributed by atoms with Crippen molar-refractivity contribution in [1.82, 2.24) is 4.90 Å². The maximum atomic E-state index is 5.91. The van der Waals surface area contributed by atoms with E-state index in [-0.39, 0.29) is 0 Å². The van der Waals surface area contributed by atoms with E-state index in [0.717, 1.165) is 17.9 Å². The van der Waals surface area contributed by atoms with Crippen LogP contribution in [0, 0.1) is 11.3 Å². The first-order valence-corrected chi connectivity index (χ1v) is 12.0. The fraction of sp³-hybridized carbons (Fsp3) is 0.630. The summed E-state index contributed by atoms with van der Waals surface area (Å²) < 4.78 is 11.0. The van der Waals surface area contributed by atoms with Gasteiger partial charge in [0, 0.05) is 36.9 Å². The number of hydrogen-bond donors (Lipinski definition) is 0. The molecule has 1 aromatic heterocycles. The standard InChI is InChI=1S/C27H42N2O2/c1-22(2)10-17-29(25-11-15-28(16-12-25)18-14-27(3,4)5)24-6-8-26(9-7-24)31-21-23-13-19-30-20-23/h6-9,13,19-20,22,25H,10-12,14-18,21H2,1-5H3. The van der Waals surface area contributed by atoms with Gasteiger partial charge in [-0.3, -0.25) is 0 Å². The molecule has 31 heavy (non-hydrogen) atoms. The van der Waals surface area contributed by atoms with Gasteiger partial charge in [-0.15, -0.1) is 0 Å². The molecule has 2 aromatic rings. The Labute approximate surface area is 189 Å². The summed E-state index contributed by atoms with van der Waals surface area (Å²) in [6.45, 7) is 17.0. The summed E-state index contributed by atoms with van der Waals surface area (Å²) in [4.78, 5) is 5.32. The van der Waals surface area contributed by atoms with E-state index in [1.807, 2.05) is 6.07 Å². The Morgan fingerprint density at radius 2 is 1.81 bits per heavy atom. The second-order valence-electron chi connectivity index (χ2n) is 10.7. The molecule has 1 fully saturated rings. The van der Waals surface area contributed by atoms with Crippen LogP contribution in [0.25, 0.3) is 0 Å². The van der Waals surface area contributed by atoms with Gasteiger partial charge in [0.1, 0.15) is 12.4 Å². The highest BCUT2D eigenvalue weighted by Gasteiger charge is 2.25. The van der Waals surface area contributed by atoms with Gasteiger partial charge in [-0.1, -0.05) is 34.6 Å². The van der Waals surface area contributed by atoms with E-state index in [9.17, 15) is 0 Å². The van der Waals surface area contributed by atoms with Crippen LogP contribution in [0.4, 0.5) is 5.69 Å². The summed E-state index contributed by atoms with van der Waals surface area (Å²) >= 11 is 0. The predicted molar refractivity (Wildman–Crippen MR) is 130 cm³/mol. The maximum absolute atomic E-state index is 5.91. The zero-order chi connectivity index (χ0) is 22.3. The number of rotatable bonds is 10. The highest BCUT2D eigenvalue weighted by molar-refractivity contribution is 5.50. The summed E-state index contributed by atoms with van der Waals surface area (Å²) in [5.41, 5.74) is 2.80. The molecule has 3 rings (SSSR count). The molecule has 0 spiro atoms. The SMILES string of the molecule is CC(C)CCN(c1ccc(OCc2ccoc2)cc1)C1CCN(CCC(C)(C)C)CC1. The lowest BCUT2D eigenvalue weighted by Crippen LogP contribution is -2.46. The molecule has 1 saturated heterocycles. The third kappa shape index (κ3) is 7.92. The van der Waals surface area contributed by atoms with Crippen LogP contribution in [0.15, 0.2) is 47.3 Å². The Kier molecular flexibility index (Phi) is 8.48. The van der Waals surface area contributed by atoms with Gasteiger partial charge in [0.15, 0.2) is 0 Å². The Morgan fingerprint density at radius 3 is 2.39 bits per heavy atom. The lowest BCUT2D eigenvalue weighted by Gasteiger charge is -2.40. The van der Waals surface area contributed by atoms with E-state index in [1.54, 1.807) is 12.5 Å². The molecule has 4 heteroatoms. The molecule has 0 bridgehead atoms. The van der Waals surface area contributed by atoms with Gasteiger partial charge in [-0.05, 0) is 73.9 Å². The molecule has 2 heterocycles. The van der Waals surface area contributed by atoms with Crippen LogP contribution in [-0.4, -0.2) is 37.1 Å². The Bertz CT molecular complexity index is 739. The molecule has 0 radical (unpaired) electrons. The minimum atomic E-state index is 0.418. The van der Waals surface area contributed by atoms with Gasteiger partial charge in [0.05, 0.1) is 12.5 Å². The number of nitrogens with zero attached hydrogens (tertiary/aromatic N) is 2. The molecule has 4 nitrogen and oxygen atoms in total.